The van der Waals surface area contributed by atoms with Crippen molar-refractivity contribution in [2.45, 2.75) is 57.0 Å². The third-order valence-corrected chi connectivity index (χ3v) is 5.44. The number of methoxy groups -OCH3 is 2. The summed E-state index contributed by atoms with van der Waals surface area (Å²) in [6.07, 6.45) is 6.20. The van der Waals surface area contributed by atoms with E-state index >= 15 is 0 Å². The lowest BCUT2D eigenvalue weighted by molar-refractivity contribution is -0.137. The van der Waals surface area contributed by atoms with E-state index in [0.29, 0.717) is 37.3 Å². The van der Waals surface area contributed by atoms with Crippen LogP contribution in [-0.2, 0) is 16.0 Å². The van der Waals surface area contributed by atoms with Crippen LogP contribution in [0.5, 0.6) is 11.5 Å². The highest BCUT2D eigenvalue weighted by Crippen LogP contribution is 2.31. The molecule has 1 aromatic rings. The molecule has 0 spiro atoms. The van der Waals surface area contributed by atoms with Crippen LogP contribution in [0.15, 0.2) is 18.2 Å². The normalized spacial score (nSPS) is 20.5. The number of amides is 2. The van der Waals surface area contributed by atoms with E-state index in [-0.39, 0.29) is 23.9 Å². The molecule has 26 heavy (non-hydrogen) atoms. The van der Waals surface area contributed by atoms with E-state index in [1.807, 2.05) is 23.1 Å². The summed E-state index contributed by atoms with van der Waals surface area (Å²) in [5.74, 6) is 1.49. The molecule has 1 saturated carbocycles. The van der Waals surface area contributed by atoms with Gasteiger partial charge in [0, 0.05) is 19.0 Å². The lowest BCUT2D eigenvalue weighted by Crippen LogP contribution is -2.49. The fourth-order valence-electron chi connectivity index (χ4n) is 4.08. The molecule has 6 nitrogen and oxygen atoms in total. The monoisotopic (exact) mass is 360 g/mol. The van der Waals surface area contributed by atoms with Crippen LogP contribution in [0.1, 0.15) is 44.1 Å². The van der Waals surface area contributed by atoms with Crippen LogP contribution < -0.4 is 14.8 Å². The van der Waals surface area contributed by atoms with E-state index in [2.05, 4.69) is 5.32 Å². The highest BCUT2D eigenvalue weighted by Gasteiger charge is 2.40. The number of carbonyl (C=O) groups is 2. The van der Waals surface area contributed by atoms with E-state index in [1.165, 1.54) is 0 Å². The number of nitrogens with one attached hydrogen (secondary N) is 1. The number of nitrogens with zero attached hydrogens (tertiary/aromatic N) is 1. The second-order valence-electron chi connectivity index (χ2n) is 7.02. The molecular weight excluding hydrogens is 332 g/mol. The van der Waals surface area contributed by atoms with E-state index in [0.717, 1.165) is 31.2 Å². The molecule has 2 aliphatic rings. The van der Waals surface area contributed by atoms with Gasteiger partial charge in [0.25, 0.3) is 0 Å². The summed E-state index contributed by atoms with van der Waals surface area (Å²) in [6.45, 7) is 0.539. The van der Waals surface area contributed by atoms with Crippen molar-refractivity contribution >= 4 is 11.8 Å². The SMILES string of the molecule is COc1ccc(CCNC(=O)C2CCC(=O)N2C2CCCC2)cc1OC. The van der Waals surface area contributed by atoms with Gasteiger partial charge in [0.1, 0.15) is 6.04 Å². The average molecular weight is 360 g/mol. The Hall–Kier alpha value is -2.24. The van der Waals surface area contributed by atoms with Gasteiger partial charge >= 0.3 is 0 Å². The molecule has 1 saturated heterocycles. The molecule has 142 valence electrons. The molecule has 1 atom stereocenters. The molecule has 0 aromatic heterocycles. The van der Waals surface area contributed by atoms with Crippen molar-refractivity contribution in [1.82, 2.24) is 10.2 Å². The summed E-state index contributed by atoms with van der Waals surface area (Å²) in [7, 11) is 3.22. The van der Waals surface area contributed by atoms with E-state index in [1.54, 1.807) is 14.2 Å². The zero-order valence-corrected chi connectivity index (χ0v) is 15.6. The number of ether oxygens (including phenoxy) is 2. The summed E-state index contributed by atoms with van der Waals surface area (Å²) < 4.78 is 10.6. The molecule has 3 rings (SSSR count). The van der Waals surface area contributed by atoms with Crippen LogP contribution in [0.3, 0.4) is 0 Å². The number of benzene rings is 1. The summed E-state index contributed by atoms with van der Waals surface area (Å²) in [6, 6.07) is 5.72. The minimum Gasteiger partial charge on any atom is -0.493 e. The predicted octanol–water partition coefficient (Wildman–Crippen LogP) is 2.30. The Morgan fingerprint density at radius 3 is 2.58 bits per heavy atom. The van der Waals surface area contributed by atoms with Crippen molar-refractivity contribution in [3.8, 4) is 11.5 Å². The number of likely N-dealkylation sites (tertiary alicyclic amines) is 1. The van der Waals surface area contributed by atoms with Gasteiger partial charge in [0.2, 0.25) is 11.8 Å². The van der Waals surface area contributed by atoms with Gasteiger partial charge in [-0.25, -0.2) is 0 Å². The minimum atomic E-state index is -0.295. The number of rotatable bonds is 7. The fraction of sp³-hybridized carbons (Fsp3) is 0.600. The van der Waals surface area contributed by atoms with Crippen LogP contribution in [0.2, 0.25) is 0 Å². The topological polar surface area (TPSA) is 67.9 Å². The summed E-state index contributed by atoms with van der Waals surface area (Å²) in [5.41, 5.74) is 1.07. The van der Waals surface area contributed by atoms with Crippen LogP contribution in [-0.4, -0.2) is 49.6 Å². The van der Waals surface area contributed by atoms with Crippen molar-refractivity contribution in [3.63, 3.8) is 0 Å². The zero-order valence-electron chi connectivity index (χ0n) is 15.6. The molecule has 6 heteroatoms. The van der Waals surface area contributed by atoms with Crippen molar-refractivity contribution in [3.05, 3.63) is 23.8 Å². The molecule has 0 bridgehead atoms. The van der Waals surface area contributed by atoms with Gasteiger partial charge in [0.05, 0.1) is 14.2 Å². The van der Waals surface area contributed by atoms with Gasteiger partial charge in [0.15, 0.2) is 11.5 Å². The lowest BCUT2D eigenvalue weighted by Gasteiger charge is -2.30. The molecular formula is C20H28N2O4. The van der Waals surface area contributed by atoms with E-state index in [9.17, 15) is 9.59 Å². The fourth-order valence-corrected chi connectivity index (χ4v) is 4.08. The van der Waals surface area contributed by atoms with Gasteiger partial charge in [-0.3, -0.25) is 9.59 Å². The molecule has 1 unspecified atom stereocenters. The summed E-state index contributed by atoms with van der Waals surface area (Å²) in [5, 5.41) is 3.01. The summed E-state index contributed by atoms with van der Waals surface area (Å²) in [4.78, 5) is 26.7. The van der Waals surface area contributed by atoms with Gasteiger partial charge in [-0.05, 0) is 43.4 Å². The number of hydrogen-bond donors (Lipinski definition) is 1. The molecule has 1 N–H and O–H groups in total. The maximum Gasteiger partial charge on any atom is 0.242 e. The van der Waals surface area contributed by atoms with Gasteiger partial charge in [-0.15, -0.1) is 0 Å². The van der Waals surface area contributed by atoms with E-state index in [4.69, 9.17) is 9.47 Å². The average Bonchev–Trinajstić information content (AvgIpc) is 3.30. The van der Waals surface area contributed by atoms with Crippen molar-refractivity contribution in [2.75, 3.05) is 20.8 Å². The first kappa shape index (κ1) is 18.5. The maximum absolute atomic E-state index is 12.6. The van der Waals surface area contributed by atoms with Crippen molar-refractivity contribution in [2.24, 2.45) is 0 Å². The highest BCUT2D eigenvalue weighted by atomic mass is 16.5. The molecule has 2 amide bonds. The summed E-state index contributed by atoms with van der Waals surface area (Å²) >= 11 is 0. The second-order valence-corrected chi connectivity index (χ2v) is 7.02. The van der Waals surface area contributed by atoms with Crippen molar-refractivity contribution < 1.29 is 19.1 Å². The Bertz CT molecular complexity index is 655. The Labute approximate surface area is 154 Å². The van der Waals surface area contributed by atoms with Gasteiger partial charge in [-0.2, -0.15) is 0 Å². The molecule has 1 aromatic carbocycles. The molecule has 1 aliphatic heterocycles. The second kappa shape index (κ2) is 8.43. The zero-order chi connectivity index (χ0) is 18.5. The Morgan fingerprint density at radius 1 is 1.15 bits per heavy atom. The number of hydrogen-bond acceptors (Lipinski definition) is 4. The largest absolute Gasteiger partial charge is 0.493 e. The van der Waals surface area contributed by atoms with Crippen LogP contribution in [0.4, 0.5) is 0 Å². The third-order valence-electron chi connectivity index (χ3n) is 5.44. The van der Waals surface area contributed by atoms with Gasteiger partial charge < -0.3 is 19.7 Å². The standard InChI is InChI=1S/C20H28N2O4/c1-25-17-9-7-14(13-18(17)26-2)11-12-21-20(24)16-8-10-19(23)22(16)15-5-3-4-6-15/h7,9,13,15-16H,3-6,8,10-12H2,1-2H3,(H,21,24). The minimum absolute atomic E-state index is 0.0248. The molecule has 2 fully saturated rings. The smallest absolute Gasteiger partial charge is 0.242 e. The number of carbonyl (C=O) groups excluding carboxylic acids is 2. The Balaban J connectivity index is 1.54. The predicted molar refractivity (Wildman–Crippen MR) is 98.4 cm³/mol. The van der Waals surface area contributed by atoms with Crippen molar-refractivity contribution in [1.29, 1.82) is 0 Å². The van der Waals surface area contributed by atoms with Crippen LogP contribution in [0.25, 0.3) is 0 Å². The third kappa shape index (κ3) is 3.94. The first-order valence-electron chi connectivity index (χ1n) is 9.44. The van der Waals surface area contributed by atoms with Crippen LogP contribution >= 0.6 is 0 Å². The highest BCUT2D eigenvalue weighted by molar-refractivity contribution is 5.91. The first-order valence-corrected chi connectivity index (χ1v) is 9.44. The van der Waals surface area contributed by atoms with Gasteiger partial charge in [-0.1, -0.05) is 18.9 Å². The van der Waals surface area contributed by atoms with Crippen LogP contribution in [0, 0.1) is 0 Å². The quantitative estimate of drug-likeness (QED) is 0.810. The molecule has 0 radical (unpaired) electrons. The first-order chi connectivity index (χ1) is 12.6. The molecule has 1 aliphatic carbocycles. The van der Waals surface area contributed by atoms with E-state index < -0.39 is 0 Å². The Morgan fingerprint density at radius 2 is 1.88 bits per heavy atom. The maximum atomic E-state index is 12.6. The lowest BCUT2D eigenvalue weighted by atomic mass is 10.1. The molecule has 1 heterocycles. The Kier molecular flexibility index (Phi) is 6.01.